The number of fused-ring (bicyclic) bond motifs is 3. The maximum Gasteiger partial charge on any atom is 0.494 e. The minimum Gasteiger partial charge on any atom is -0.399 e. The summed E-state index contributed by atoms with van der Waals surface area (Å²) in [6.45, 7) is 12.7. The number of nitrogens with two attached hydrogens (primary N) is 2. The van der Waals surface area contributed by atoms with Gasteiger partial charge < -0.3 is 19.9 Å². The lowest BCUT2D eigenvalue weighted by molar-refractivity contribution is 0.00578. The van der Waals surface area contributed by atoms with Crippen LogP contribution in [0.4, 0.5) is 5.82 Å². The topological polar surface area (TPSA) is 106 Å². The van der Waals surface area contributed by atoms with E-state index in [1.165, 1.54) is 12.7 Å². The molecule has 0 saturated carbocycles. The second-order valence-corrected chi connectivity index (χ2v) is 9.28. The van der Waals surface area contributed by atoms with Crippen LogP contribution < -0.4 is 17.1 Å². The normalized spacial score (nSPS) is 20.3. The fourth-order valence-electron chi connectivity index (χ4n) is 3.95. The molecule has 1 aliphatic carbocycles. The zero-order valence-corrected chi connectivity index (χ0v) is 18.4. The summed E-state index contributed by atoms with van der Waals surface area (Å²) in [5.41, 5.74) is 10.7. The average Bonchev–Trinajstić information content (AvgIpc) is 2.82. The number of aromatic nitrogens is 2. The van der Waals surface area contributed by atoms with Gasteiger partial charge in [-0.2, -0.15) is 0 Å². The molecule has 1 aliphatic heterocycles. The smallest absolute Gasteiger partial charge is 0.399 e. The van der Waals surface area contributed by atoms with Gasteiger partial charge in [0.15, 0.2) is 0 Å². The summed E-state index contributed by atoms with van der Waals surface area (Å²) in [4.78, 5) is 12.5. The van der Waals surface area contributed by atoms with E-state index in [2.05, 4.69) is 80.4 Å². The molecule has 0 spiro atoms. The van der Waals surface area contributed by atoms with Crippen molar-refractivity contribution in [1.29, 1.82) is 0 Å². The van der Waals surface area contributed by atoms with Crippen molar-refractivity contribution in [3.05, 3.63) is 35.7 Å². The van der Waals surface area contributed by atoms with Gasteiger partial charge in [0.25, 0.3) is 0 Å². The monoisotopic (exact) mass is 398 g/mol. The van der Waals surface area contributed by atoms with Gasteiger partial charge in [0.05, 0.1) is 24.0 Å². The van der Waals surface area contributed by atoms with E-state index in [9.17, 15) is 0 Å². The van der Waals surface area contributed by atoms with Crippen LogP contribution in [0.3, 0.4) is 0 Å². The first-order valence-corrected chi connectivity index (χ1v) is 9.76. The first-order chi connectivity index (χ1) is 13.4. The summed E-state index contributed by atoms with van der Waals surface area (Å²) in [5, 5.41) is 0. The SMILES string of the molecule is CC1(C)Cc2cc(B3OC(C)(C)C(C)(C)O3)ccc2-c2ncnc(N)c21.CON. The minimum absolute atomic E-state index is 0.123. The van der Waals surface area contributed by atoms with E-state index < -0.39 is 0 Å². The van der Waals surface area contributed by atoms with Crippen LogP contribution >= 0.6 is 0 Å². The first kappa shape index (κ1) is 21.7. The first-order valence-electron chi connectivity index (χ1n) is 9.76. The van der Waals surface area contributed by atoms with Crippen LogP contribution in [0.1, 0.15) is 52.7 Å². The zero-order valence-electron chi connectivity index (χ0n) is 18.4. The van der Waals surface area contributed by atoms with E-state index in [-0.39, 0.29) is 23.7 Å². The Morgan fingerprint density at radius 3 is 2.21 bits per heavy atom. The number of rotatable bonds is 1. The number of hydrogen-bond acceptors (Lipinski definition) is 7. The molecule has 0 radical (unpaired) electrons. The highest BCUT2D eigenvalue weighted by Gasteiger charge is 2.52. The van der Waals surface area contributed by atoms with Gasteiger partial charge in [-0.25, -0.2) is 15.9 Å². The Kier molecular flexibility index (Phi) is 5.51. The van der Waals surface area contributed by atoms with Gasteiger partial charge in [-0.15, -0.1) is 0 Å². The number of hydrogen-bond donors (Lipinski definition) is 2. The van der Waals surface area contributed by atoms with Crippen molar-refractivity contribution in [2.45, 2.75) is 64.6 Å². The quantitative estimate of drug-likeness (QED) is 0.561. The molecule has 1 saturated heterocycles. The number of nitrogens with zero attached hydrogens (tertiary/aromatic N) is 2. The zero-order chi connectivity index (χ0) is 21.6. The molecule has 156 valence electrons. The third kappa shape index (κ3) is 3.77. The summed E-state index contributed by atoms with van der Waals surface area (Å²) >= 11 is 0. The van der Waals surface area contributed by atoms with Crippen molar-refractivity contribution in [2.24, 2.45) is 5.90 Å². The molecule has 1 aromatic carbocycles. The van der Waals surface area contributed by atoms with Crippen LogP contribution in [0.25, 0.3) is 11.3 Å². The lowest BCUT2D eigenvalue weighted by Gasteiger charge is -2.34. The maximum atomic E-state index is 6.21. The van der Waals surface area contributed by atoms with E-state index >= 15 is 0 Å². The summed E-state index contributed by atoms with van der Waals surface area (Å²) < 4.78 is 12.4. The average molecular weight is 398 g/mol. The van der Waals surface area contributed by atoms with Crippen LogP contribution in [-0.4, -0.2) is 35.4 Å². The molecule has 2 aromatic rings. The molecule has 0 bridgehead atoms. The molecule has 8 heteroatoms. The van der Waals surface area contributed by atoms with Crippen molar-refractivity contribution in [2.75, 3.05) is 12.8 Å². The van der Waals surface area contributed by atoms with E-state index in [1.807, 2.05) is 0 Å². The van der Waals surface area contributed by atoms with Crippen LogP contribution in [0.2, 0.25) is 0 Å². The molecule has 0 amide bonds. The molecule has 2 aliphatic rings. The molecule has 4 rings (SSSR count). The van der Waals surface area contributed by atoms with Crippen molar-refractivity contribution in [1.82, 2.24) is 9.97 Å². The third-order valence-corrected chi connectivity index (χ3v) is 6.10. The van der Waals surface area contributed by atoms with Gasteiger partial charge in [-0.1, -0.05) is 32.0 Å². The Labute approximate surface area is 173 Å². The van der Waals surface area contributed by atoms with Crippen LogP contribution in [0.5, 0.6) is 0 Å². The highest BCUT2D eigenvalue weighted by atomic mass is 16.7. The largest absolute Gasteiger partial charge is 0.494 e. The van der Waals surface area contributed by atoms with Gasteiger partial charge in [0.1, 0.15) is 12.1 Å². The van der Waals surface area contributed by atoms with Crippen LogP contribution in [0.15, 0.2) is 24.5 Å². The lowest BCUT2D eigenvalue weighted by atomic mass is 9.69. The predicted molar refractivity (Wildman–Crippen MR) is 116 cm³/mol. The van der Waals surface area contributed by atoms with Gasteiger partial charge in [0, 0.05) is 11.1 Å². The van der Waals surface area contributed by atoms with Gasteiger partial charge in [0.2, 0.25) is 0 Å². The van der Waals surface area contributed by atoms with Crippen molar-refractivity contribution < 1.29 is 14.1 Å². The Bertz CT molecular complexity index is 899. The fourth-order valence-corrected chi connectivity index (χ4v) is 3.95. The summed E-state index contributed by atoms with van der Waals surface area (Å²) in [6.07, 6.45) is 2.42. The van der Waals surface area contributed by atoms with Gasteiger partial charge in [-0.05, 0) is 50.6 Å². The molecule has 4 N–H and O–H groups in total. The van der Waals surface area contributed by atoms with E-state index in [1.54, 1.807) is 6.33 Å². The summed E-state index contributed by atoms with van der Waals surface area (Å²) in [6, 6.07) is 6.37. The standard InChI is InChI=1S/C20H26BN3O2.CH5NO/c1-18(2)10-12-9-13(21-25-19(3,4)20(5,6)26-21)7-8-14(12)16-15(18)17(22)24-11-23-16;1-3-2/h7-9,11H,10H2,1-6H3,(H2,22,23,24);2H2,1H3. The van der Waals surface area contributed by atoms with E-state index in [0.29, 0.717) is 5.82 Å². The number of nitrogen functional groups attached to an aromatic ring is 1. The van der Waals surface area contributed by atoms with Crippen LogP contribution in [-0.2, 0) is 26.0 Å². The highest BCUT2D eigenvalue weighted by molar-refractivity contribution is 6.62. The Hall–Kier alpha value is -2.00. The van der Waals surface area contributed by atoms with E-state index in [0.717, 1.165) is 28.7 Å². The molecule has 2 heterocycles. The molecule has 0 unspecified atom stereocenters. The second-order valence-electron chi connectivity index (χ2n) is 9.28. The molecule has 1 aromatic heterocycles. The van der Waals surface area contributed by atoms with Crippen molar-refractivity contribution in [3.8, 4) is 11.3 Å². The molecular formula is C21H31BN4O3. The van der Waals surface area contributed by atoms with Crippen molar-refractivity contribution >= 4 is 18.4 Å². The van der Waals surface area contributed by atoms with Gasteiger partial charge in [-0.3, -0.25) is 0 Å². The molecular weight excluding hydrogens is 367 g/mol. The Morgan fingerprint density at radius 1 is 1.03 bits per heavy atom. The van der Waals surface area contributed by atoms with Crippen LogP contribution in [0, 0.1) is 0 Å². The van der Waals surface area contributed by atoms with Crippen molar-refractivity contribution in [3.63, 3.8) is 0 Å². The second kappa shape index (κ2) is 7.36. The summed E-state index contributed by atoms with van der Waals surface area (Å²) in [5.74, 6) is 4.92. The molecule has 7 nitrogen and oxygen atoms in total. The Balaban J connectivity index is 0.000000755. The highest BCUT2D eigenvalue weighted by Crippen LogP contribution is 2.44. The molecule has 0 atom stereocenters. The minimum atomic E-state index is -0.356. The molecule has 29 heavy (non-hydrogen) atoms. The lowest BCUT2D eigenvalue weighted by Crippen LogP contribution is -2.41. The van der Waals surface area contributed by atoms with E-state index in [4.69, 9.17) is 15.0 Å². The van der Waals surface area contributed by atoms with Gasteiger partial charge >= 0.3 is 7.12 Å². The maximum absolute atomic E-state index is 6.21. The number of anilines is 1. The summed E-state index contributed by atoms with van der Waals surface area (Å²) in [7, 11) is 1.05. The fraction of sp³-hybridized carbons (Fsp3) is 0.524. The number of benzene rings is 1. The third-order valence-electron chi connectivity index (χ3n) is 6.10. The Morgan fingerprint density at radius 2 is 1.62 bits per heavy atom. The predicted octanol–water partition coefficient (Wildman–Crippen LogP) is 2.37. The molecule has 1 fully saturated rings.